The van der Waals surface area contributed by atoms with Crippen molar-refractivity contribution in [3.63, 3.8) is 0 Å². The molecule has 1 N–H and O–H groups in total. The fourth-order valence-electron chi connectivity index (χ4n) is 1.94. The van der Waals surface area contributed by atoms with Gasteiger partial charge in [-0.15, -0.1) is 11.3 Å². The van der Waals surface area contributed by atoms with Crippen molar-refractivity contribution < 1.29 is 14.6 Å². The van der Waals surface area contributed by atoms with Crippen LogP contribution in [0.4, 0.5) is 0 Å². The molecule has 0 fully saturated rings. The van der Waals surface area contributed by atoms with Gasteiger partial charge >= 0.3 is 5.97 Å². The van der Waals surface area contributed by atoms with Crippen LogP contribution in [0, 0.1) is 5.92 Å². The molecule has 4 nitrogen and oxygen atoms in total. The highest BCUT2D eigenvalue weighted by Crippen LogP contribution is 2.28. The summed E-state index contributed by atoms with van der Waals surface area (Å²) in [4.78, 5) is 15.6. The molecule has 108 valence electrons. The van der Waals surface area contributed by atoms with Crippen molar-refractivity contribution in [2.24, 2.45) is 5.92 Å². The van der Waals surface area contributed by atoms with Crippen LogP contribution in [0.1, 0.15) is 32.2 Å². The van der Waals surface area contributed by atoms with E-state index in [-0.39, 0.29) is 0 Å². The molecule has 1 aromatic heterocycles. The molecule has 5 heteroatoms. The van der Waals surface area contributed by atoms with Crippen molar-refractivity contribution in [1.29, 1.82) is 0 Å². The van der Waals surface area contributed by atoms with Gasteiger partial charge in [0.15, 0.2) is 6.10 Å². The van der Waals surface area contributed by atoms with E-state index < -0.39 is 12.1 Å². The summed E-state index contributed by atoms with van der Waals surface area (Å²) in [6.07, 6.45) is 0.604. The summed E-state index contributed by atoms with van der Waals surface area (Å²) >= 11 is 1.64. The second-order valence-corrected chi connectivity index (χ2v) is 6.30. The largest absolute Gasteiger partial charge is 0.479 e. The van der Waals surface area contributed by atoms with Gasteiger partial charge in [-0.3, -0.25) is 0 Å². The van der Waals surface area contributed by atoms with Gasteiger partial charge in [0.05, 0.1) is 15.2 Å². The molecule has 0 saturated heterocycles. The van der Waals surface area contributed by atoms with E-state index in [2.05, 4.69) is 18.8 Å². The third-order valence-corrected chi connectivity index (χ3v) is 3.95. The molecule has 0 radical (unpaired) electrons. The van der Waals surface area contributed by atoms with Crippen LogP contribution in [0.2, 0.25) is 0 Å². The molecule has 1 unspecified atom stereocenters. The molecule has 0 amide bonds. The third kappa shape index (κ3) is 3.48. The third-order valence-electron chi connectivity index (χ3n) is 2.91. The number of carboxylic acids is 1. The zero-order chi connectivity index (χ0) is 14.7. The molecule has 2 aromatic rings. The lowest BCUT2D eigenvalue weighted by Gasteiger charge is -2.12. The van der Waals surface area contributed by atoms with Crippen molar-refractivity contribution >= 4 is 27.5 Å². The Morgan fingerprint density at radius 1 is 1.45 bits per heavy atom. The van der Waals surface area contributed by atoms with Gasteiger partial charge in [-0.25, -0.2) is 9.78 Å². The Labute approximate surface area is 122 Å². The van der Waals surface area contributed by atoms with Gasteiger partial charge in [-0.05, 0) is 30.5 Å². The Hall–Kier alpha value is -1.62. The first-order valence-electron chi connectivity index (χ1n) is 6.78. The van der Waals surface area contributed by atoms with E-state index in [1.807, 2.05) is 12.1 Å². The van der Waals surface area contributed by atoms with Gasteiger partial charge in [0.1, 0.15) is 5.75 Å². The van der Waals surface area contributed by atoms with Crippen molar-refractivity contribution in [2.75, 3.05) is 0 Å². The van der Waals surface area contributed by atoms with Crippen LogP contribution < -0.4 is 4.74 Å². The molecular weight excluding hydrogens is 274 g/mol. The molecule has 1 heterocycles. The Morgan fingerprint density at radius 3 is 2.80 bits per heavy atom. The molecule has 0 aliphatic heterocycles. The maximum absolute atomic E-state index is 11.0. The fourth-order valence-corrected chi connectivity index (χ4v) is 3.14. The van der Waals surface area contributed by atoms with Crippen LogP contribution >= 0.6 is 11.3 Å². The molecule has 1 aromatic carbocycles. The monoisotopic (exact) mass is 293 g/mol. The van der Waals surface area contributed by atoms with Gasteiger partial charge < -0.3 is 9.84 Å². The lowest BCUT2D eigenvalue weighted by molar-refractivity contribution is -0.145. The Morgan fingerprint density at radius 2 is 2.20 bits per heavy atom. The molecule has 0 bridgehead atoms. The maximum atomic E-state index is 11.0. The number of nitrogens with zero attached hydrogens (tertiary/aromatic N) is 1. The second kappa shape index (κ2) is 6.22. The van der Waals surface area contributed by atoms with E-state index in [0.717, 1.165) is 21.6 Å². The molecule has 0 spiro atoms. The Bertz CT molecular complexity index is 606. The van der Waals surface area contributed by atoms with Gasteiger partial charge in [-0.1, -0.05) is 20.8 Å². The summed E-state index contributed by atoms with van der Waals surface area (Å²) in [5.41, 5.74) is 0.946. The standard InChI is InChI=1S/C15H19NO3S/c1-4-12(15(17)18)19-10-5-6-11-13(8-10)20-14(16-11)7-9(2)3/h5-6,8-9,12H,4,7H2,1-3H3,(H,17,18). The summed E-state index contributed by atoms with van der Waals surface area (Å²) in [6.45, 7) is 6.13. The molecule has 0 aliphatic carbocycles. The summed E-state index contributed by atoms with van der Waals surface area (Å²) < 4.78 is 6.54. The molecule has 20 heavy (non-hydrogen) atoms. The quantitative estimate of drug-likeness (QED) is 0.881. The van der Waals surface area contributed by atoms with Crippen molar-refractivity contribution in [2.45, 2.75) is 39.7 Å². The second-order valence-electron chi connectivity index (χ2n) is 5.19. The van der Waals surface area contributed by atoms with Crippen molar-refractivity contribution in [3.8, 4) is 5.75 Å². The number of carboxylic acid groups (broad SMARTS) is 1. The number of ether oxygens (including phenoxy) is 1. The highest BCUT2D eigenvalue weighted by atomic mass is 32.1. The number of carbonyl (C=O) groups is 1. The summed E-state index contributed by atoms with van der Waals surface area (Å²) in [5.74, 6) is 0.228. The van der Waals surface area contributed by atoms with E-state index in [0.29, 0.717) is 18.1 Å². The first-order valence-corrected chi connectivity index (χ1v) is 7.60. The number of benzene rings is 1. The SMILES string of the molecule is CCC(Oc1ccc2nc(CC(C)C)sc2c1)C(=O)O. The van der Waals surface area contributed by atoms with E-state index in [1.165, 1.54) is 0 Å². The first kappa shape index (κ1) is 14.8. The molecule has 0 saturated carbocycles. The van der Waals surface area contributed by atoms with Crippen LogP contribution in [0.3, 0.4) is 0 Å². The van der Waals surface area contributed by atoms with Gasteiger partial charge in [0, 0.05) is 6.42 Å². The average molecular weight is 293 g/mol. The number of hydrogen-bond acceptors (Lipinski definition) is 4. The number of aliphatic carboxylic acids is 1. The Balaban J connectivity index is 2.22. The normalized spacial score (nSPS) is 12.8. The van der Waals surface area contributed by atoms with Crippen LogP contribution in [0.15, 0.2) is 18.2 Å². The summed E-state index contributed by atoms with van der Waals surface area (Å²) in [7, 11) is 0. The van der Waals surface area contributed by atoms with E-state index in [9.17, 15) is 4.79 Å². The molecule has 2 rings (SSSR count). The van der Waals surface area contributed by atoms with Gasteiger partial charge in [0.25, 0.3) is 0 Å². The van der Waals surface area contributed by atoms with Crippen LogP contribution in [0.25, 0.3) is 10.2 Å². The summed E-state index contributed by atoms with van der Waals surface area (Å²) in [6, 6.07) is 5.55. The minimum absolute atomic E-state index is 0.439. The fraction of sp³-hybridized carbons (Fsp3) is 0.467. The number of fused-ring (bicyclic) bond motifs is 1. The zero-order valence-electron chi connectivity index (χ0n) is 11.9. The average Bonchev–Trinajstić information content (AvgIpc) is 2.75. The minimum Gasteiger partial charge on any atom is -0.479 e. The Kier molecular flexibility index (Phi) is 4.60. The van der Waals surface area contributed by atoms with Crippen molar-refractivity contribution in [3.05, 3.63) is 23.2 Å². The van der Waals surface area contributed by atoms with E-state index in [1.54, 1.807) is 24.3 Å². The minimum atomic E-state index is -0.933. The predicted molar refractivity (Wildman–Crippen MR) is 80.5 cm³/mol. The predicted octanol–water partition coefficient (Wildman–Crippen LogP) is 3.74. The highest BCUT2D eigenvalue weighted by molar-refractivity contribution is 7.18. The zero-order valence-corrected chi connectivity index (χ0v) is 12.7. The lowest BCUT2D eigenvalue weighted by Crippen LogP contribution is -2.25. The number of hydrogen-bond donors (Lipinski definition) is 1. The van der Waals surface area contributed by atoms with Crippen LogP contribution in [0.5, 0.6) is 5.75 Å². The van der Waals surface area contributed by atoms with Crippen LogP contribution in [-0.4, -0.2) is 22.2 Å². The number of rotatable bonds is 6. The van der Waals surface area contributed by atoms with Gasteiger partial charge in [-0.2, -0.15) is 0 Å². The number of aromatic nitrogens is 1. The smallest absolute Gasteiger partial charge is 0.344 e. The van der Waals surface area contributed by atoms with Crippen LogP contribution in [-0.2, 0) is 11.2 Å². The molecule has 1 atom stereocenters. The number of thiazole rings is 1. The van der Waals surface area contributed by atoms with E-state index in [4.69, 9.17) is 9.84 Å². The van der Waals surface area contributed by atoms with Gasteiger partial charge in [0.2, 0.25) is 0 Å². The lowest BCUT2D eigenvalue weighted by atomic mass is 10.1. The first-order chi connectivity index (χ1) is 9.49. The summed E-state index contributed by atoms with van der Waals surface area (Å²) in [5, 5.41) is 10.1. The van der Waals surface area contributed by atoms with Crippen molar-refractivity contribution in [1.82, 2.24) is 4.98 Å². The molecular formula is C15H19NO3S. The van der Waals surface area contributed by atoms with E-state index >= 15 is 0 Å². The topological polar surface area (TPSA) is 59.4 Å². The maximum Gasteiger partial charge on any atom is 0.344 e. The highest BCUT2D eigenvalue weighted by Gasteiger charge is 2.17. The molecule has 0 aliphatic rings.